The Morgan fingerprint density at radius 1 is 1.32 bits per heavy atom. The average Bonchev–Trinajstić information content (AvgIpc) is 3.09. The highest BCUT2D eigenvalue weighted by Crippen LogP contribution is 2.32. The first-order valence-electron chi connectivity index (χ1n) is 8.75. The molecular formula is C19H25N3O2S. The molecule has 2 aromatic rings. The quantitative estimate of drug-likeness (QED) is 0.862. The van der Waals surface area contributed by atoms with Crippen molar-refractivity contribution >= 4 is 22.5 Å². The minimum absolute atomic E-state index is 0.113. The number of urea groups is 1. The van der Waals surface area contributed by atoms with Gasteiger partial charge in [-0.2, -0.15) is 0 Å². The summed E-state index contributed by atoms with van der Waals surface area (Å²) in [5.74, 6) is 0.392. The van der Waals surface area contributed by atoms with Gasteiger partial charge in [-0.05, 0) is 49.7 Å². The summed E-state index contributed by atoms with van der Waals surface area (Å²) in [4.78, 5) is 19.7. The molecule has 0 aliphatic heterocycles. The molecule has 1 fully saturated rings. The molecule has 0 saturated heterocycles. The van der Waals surface area contributed by atoms with Gasteiger partial charge in [-0.15, -0.1) is 0 Å². The topological polar surface area (TPSA) is 65.5 Å². The van der Waals surface area contributed by atoms with Gasteiger partial charge in [-0.1, -0.05) is 35.6 Å². The van der Waals surface area contributed by atoms with Crippen molar-refractivity contribution in [1.82, 2.24) is 9.88 Å². The number of carbonyl (C=O) groups is 1. The number of nitrogens with zero attached hydrogens (tertiary/aromatic N) is 2. The van der Waals surface area contributed by atoms with Crippen molar-refractivity contribution in [3.63, 3.8) is 0 Å². The van der Waals surface area contributed by atoms with Crippen LogP contribution < -0.4 is 5.32 Å². The maximum Gasteiger partial charge on any atom is 0.323 e. The Bertz CT molecular complexity index is 723. The number of anilines is 1. The molecule has 1 aliphatic rings. The second-order valence-electron chi connectivity index (χ2n) is 6.74. The Morgan fingerprint density at radius 2 is 2.04 bits per heavy atom. The van der Waals surface area contributed by atoms with Gasteiger partial charge in [0.2, 0.25) is 0 Å². The summed E-state index contributed by atoms with van der Waals surface area (Å²) < 4.78 is 0. The molecule has 0 radical (unpaired) electrons. The lowest BCUT2D eigenvalue weighted by molar-refractivity contribution is 0.139. The standard InChI is InChI=1S/C19H25N3O2S/c1-13-5-3-4-6-16(13)17-11-20-18(25-17)21-19(24)22(2)15-9-7-14(12-23)8-10-15/h3-6,11,14-15,23H,7-10,12H2,1-2H3,(H,20,21,24). The number of aromatic nitrogens is 1. The van der Waals surface area contributed by atoms with E-state index < -0.39 is 0 Å². The maximum absolute atomic E-state index is 12.5. The van der Waals surface area contributed by atoms with Crippen LogP contribution in [0.3, 0.4) is 0 Å². The van der Waals surface area contributed by atoms with Crippen molar-refractivity contribution in [2.75, 3.05) is 19.0 Å². The fraction of sp³-hybridized carbons (Fsp3) is 0.474. The second-order valence-corrected chi connectivity index (χ2v) is 7.77. The molecule has 1 saturated carbocycles. The number of aliphatic hydroxyl groups excluding tert-OH is 1. The van der Waals surface area contributed by atoms with Gasteiger partial charge in [-0.3, -0.25) is 5.32 Å². The van der Waals surface area contributed by atoms with E-state index >= 15 is 0 Å². The molecule has 1 aromatic heterocycles. The number of amides is 2. The lowest BCUT2D eigenvalue weighted by Gasteiger charge is -2.33. The van der Waals surface area contributed by atoms with Gasteiger partial charge in [0.25, 0.3) is 0 Å². The van der Waals surface area contributed by atoms with E-state index in [9.17, 15) is 9.90 Å². The van der Waals surface area contributed by atoms with Gasteiger partial charge >= 0.3 is 6.03 Å². The van der Waals surface area contributed by atoms with Crippen LogP contribution in [0.25, 0.3) is 10.4 Å². The fourth-order valence-corrected chi connectivity index (χ4v) is 4.26. The molecule has 1 aromatic carbocycles. The van der Waals surface area contributed by atoms with Crippen molar-refractivity contribution in [2.24, 2.45) is 5.92 Å². The van der Waals surface area contributed by atoms with Crippen LogP contribution in [0.1, 0.15) is 31.2 Å². The van der Waals surface area contributed by atoms with Gasteiger partial charge in [0.1, 0.15) is 0 Å². The Morgan fingerprint density at radius 3 is 2.72 bits per heavy atom. The third-order valence-corrected chi connectivity index (χ3v) is 6.02. The predicted octanol–water partition coefficient (Wildman–Crippen LogP) is 4.13. The molecular weight excluding hydrogens is 334 g/mol. The van der Waals surface area contributed by atoms with E-state index in [2.05, 4.69) is 29.4 Å². The van der Waals surface area contributed by atoms with E-state index in [1.807, 2.05) is 25.4 Å². The van der Waals surface area contributed by atoms with Crippen LogP contribution in [-0.2, 0) is 0 Å². The number of carbonyl (C=O) groups excluding carboxylic acids is 1. The summed E-state index contributed by atoms with van der Waals surface area (Å²) >= 11 is 1.49. The van der Waals surface area contributed by atoms with Crippen molar-refractivity contribution in [2.45, 2.75) is 38.6 Å². The van der Waals surface area contributed by atoms with Crippen LogP contribution in [0, 0.1) is 12.8 Å². The molecule has 2 N–H and O–H groups in total. The Hall–Kier alpha value is -1.92. The monoisotopic (exact) mass is 359 g/mol. The van der Waals surface area contributed by atoms with Crippen LogP contribution in [0.4, 0.5) is 9.93 Å². The van der Waals surface area contributed by atoms with E-state index in [0.29, 0.717) is 11.0 Å². The third kappa shape index (κ3) is 4.19. The first-order chi connectivity index (χ1) is 12.1. The average molecular weight is 359 g/mol. The molecule has 5 nitrogen and oxygen atoms in total. The summed E-state index contributed by atoms with van der Waals surface area (Å²) in [7, 11) is 1.84. The molecule has 0 atom stereocenters. The lowest BCUT2D eigenvalue weighted by Crippen LogP contribution is -2.42. The van der Waals surface area contributed by atoms with Gasteiger partial charge in [0.05, 0.1) is 4.88 Å². The van der Waals surface area contributed by atoms with Crippen molar-refractivity contribution in [1.29, 1.82) is 0 Å². The van der Waals surface area contributed by atoms with E-state index in [-0.39, 0.29) is 18.7 Å². The van der Waals surface area contributed by atoms with E-state index in [4.69, 9.17) is 0 Å². The smallest absolute Gasteiger partial charge is 0.323 e. The number of aliphatic hydroxyl groups is 1. The zero-order chi connectivity index (χ0) is 17.8. The van der Waals surface area contributed by atoms with Gasteiger partial charge < -0.3 is 10.0 Å². The zero-order valence-electron chi connectivity index (χ0n) is 14.7. The summed E-state index contributed by atoms with van der Waals surface area (Å²) in [6.45, 7) is 2.33. The molecule has 2 amide bonds. The SMILES string of the molecule is Cc1ccccc1-c1cnc(NC(=O)N(C)C2CCC(CO)CC2)s1. The van der Waals surface area contributed by atoms with Crippen LogP contribution in [0.5, 0.6) is 0 Å². The fourth-order valence-electron chi connectivity index (χ4n) is 3.37. The number of nitrogens with one attached hydrogen (secondary N) is 1. The molecule has 0 unspecified atom stereocenters. The minimum atomic E-state index is -0.113. The third-order valence-electron chi connectivity index (χ3n) is 5.07. The summed E-state index contributed by atoms with van der Waals surface area (Å²) in [5, 5.41) is 12.8. The first-order valence-corrected chi connectivity index (χ1v) is 9.56. The summed E-state index contributed by atoms with van der Waals surface area (Å²) in [5.41, 5.74) is 2.35. The van der Waals surface area contributed by atoms with Crippen molar-refractivity contribution in [3.05, 3.63) is 36.0 Å². The summed E-state index contributed by atoms with van der Waals surface area (Å²) in [6.07, 6.45) is 5.67. The van der Waals surface area contributed by atoms with Crippen LogP contribution >= 0.6 is 11.3 Å². The molecule has 25 heavy (non-hydrogen) atoms. The molecule has 1 heterocycles. The van der Waals surface area contributed by atoms with Crippen molar-refractivity contribution < 1.29 is 9.90 Å². The Labute approximate surface area is 152 Å². The Kier molecular flexibility index (Phi) is 5.71. The van der Waals surface area contributed by atoms with E-state index in [1.54, 1.807) is 4.90 Å². The highest BCUT2D eigenvalue weighted by molar-refractivity contribution is 7.19. The highest BCUT2D eigenvalue weighted by Gasteiger charge is 2.26. The number of hydrogen-bond acceptors (Lipinski definition) is 4. The molecule has 1 aliphatic carbocycles. The number of hydrogen-bond donors (Lipinski definition) is 2. The molecule has 6 heteroatoms. The van der Waals surface area contributed by atoms with Gasteiger partial charge in [0, 0.05) is 25.9 Å². The van der Waals surface area contributed by atoms with Crippen LogP contribution in [-0.4, -0.2) is 40.7 Å². The molecule has 0 bridgehead atoms. The van der Waals surface area contributed by atoms with Gasteiger partial charge in [-0.25, -0.2) is 9.78 Å². The zero-order valence-corrected chi connectivity index (χ0v) is 15.6. The normalized spacial score (nSPS) is 20.3. The van der Waals surface area contributed by atoms with Crippen molar-refractivity contribution in [3.8, 4) is 10.4 Å². The molecule has 0 spiro atoms. The van der Waals surface area contributed by atoms with Gasteiger partial charge in [0.15, 0.2) is 5.13 Å². The maximum atomic E-state index is 12.5. The predicted molar refractivity (Wildman–Crippen MR) is 102 cm³/mol. The number of aryl methyl sites for hydroxylation is 1. The number of thiazole rings is 1. The largest absolute Gasteiger partial charge is 0.396 e. The lowest BCUT2D eigenvalue weighted by atomic mass is 9.86. The molecule has 134 valence electrons. The highest BCUT2D eigenvalue weighted by atomic mass is 32.1. The number of rotatable bonds is 4. The first kappa shape index (κ1) is 17.9. The molecule has 3 rings (SSSR count). The minimum Gasteiger partial charge on any atom is -0.396 e. The number of benzene rings is 1. The summed E-state index contributed by atoms with van der Waals surface area (Å²) in [6, 6.07) is 8.29. The van der Waals surface area contributed by atoms with E-state index in [1.165, 1.54) is 16.9 Å². The van der Waals surface area contributed by atoms with E-state index in [0.717, 1.165) is 36.1 Å². The second kappa shape index (κ2) is 7.97. The Balaban J connectivity index is 1.61. The van der Waals surface area contributed by atoms with Crippen LogP contribution in [0.2, 0.25) is 0 Å². The van der Waals surface area contributed by atoms with Crippen LogP contribution in [0.15, 0.2) is 30.5 Å².